The van der Waals surface area contributed by atoms with E-state index < -0.39 is 5.97 Å². The smallest absolute Gasteiger partial charge is 0.367 e. The van der Waals surface area contributed by atoms with Gasteiger partial charge in [0.25, 0.3) is 0 Å². The fourth-order valence-electron chi connectivity index (χ4n) is 2.24. The molecule has 0 radical (unpaired) electrons. The molecule has 6 heteroatoms. The predicted octanol–water partition coefficient (Wildman–Crippen LogP) is 4.48. The van der Waals surface area contributed by atoms with Gasteiger partial charge in [0, 0.05) is 12.0 Å². The molecule has 4 nitrogen and oxygen atoms in total. The molecule has 1 aromatic heterocycles. The van der Waals surface area contributed by atoms with E-state index in [1.807, 2.05) is 6.07 Å². The first kappa shape index (κ1) is 14.2. The first-order valence-corrected chi connectivity index (χ1v) is 7.21. The van der Waals surface area contributed by atoms with Crippen LogP contribution in [-0.4, -0.2) is 11.7 Å². The van der Waals surface area contributed by atoms with Crippen molar-refractivity contribution in [3.05, 3.63) is 57.5 Å². The summed E-state index contributed by atoms with van der Waals surface area (Å²) in [4.78, 5) is 17.0. The van der Waals surface area contributed by atoms with Crippen LogP contribution in [0.2, 0.25) is 10.0 Å². The molecule has 0 saturated carbocycles. The van der Waals surface area contributed by atoms with E-state index in [0.717, 1.165) is 30.6 Å². The zero-order chi connectivity index (χ0) is 14.8. The maximum Gasteiger partial charge on any atom is 0.367 e. The Morgan fingerprint density at radius 2 is 2.10 bits per heavy atom. The molecule has 1 aliphatic rings. The average Bonchev–Trinajstić information content (AvgIpc) is 2.96. The largest absolute Gasteiger partial charge is 0.469 e. The lowest BCUT2D eigenvalue weighted by molar-refractivity contribution is 0.0515. The van der Waals surface area contributed by atoms with Crippen molar-refractivity contribution >= 4 is 34.9 Å². The number of furan rings is 1. The molecule has 0 saturated heterocycles. The third kappa shape index (κ3) is 2.82. The highest BCUT2D eigenvalue weighted by molar-refractivity contribution is 6.43. The Morgan fingerprint density at radius 3 is 2.95 bits per heavy atom. The Bertz CT molecular complexity index is 721. The second-order valence-corrected chi connectivity index (χ2v) is 5.41. The lowest BCUT2D eigenvalue weighted by atomic mass is 9.97. The number of oxime groups is 1. The molecule has 1 aliphatic carbocycles. The summed E-state index contributed by atoms with van der Waals surface area (Å²) in [6.07, 6.45) is 4.13. The maximum atomic E-state index is 12.0. The van der Waals surface area contributed by atoms with Crippen LogP contribution < -0.4 is 0 Å². The molecule has 0 unspecified atom stereocenters. The molecule has 0 fully saturated rings. The molecule has 0 amide bonds. The number of fused-ring (bicyclic) bond motifs is 1. The van der Waals surface area contributed by atoms with Crippen LogP contribution in [0.25, 0.3) is 0 Å². The molecule has 1 heterocycles. The van der Waals surface area contributed by atoms with Gasteiger partial charge in [-0.05, 0) is 31.0 Å². The van der Waals surface area contributed by atoms with E-state index in [1.54, 1.807) is 24.5 Å². The zero-order valence-electron chi connectivity index (χ0n) is 10.9. The number of halogens is 2. The summed E-state index contributed by atoms with van der Waals surface area (Å²) in [5.41, 5.74) is 1.79. The van der Waals surface area contributed by atoms with Crippen LogP contribution in [0.3, 0.4) is 0 Å². The highest BCUT2D eigenvalue weighted by Crippen LogP contribution is 2.27. The van der Waals surface area contributed by atoms with E-state index in [-0.39, 0.29) is 10.6 Å². The van der Waals surface area contributed by atoms with Crippen LogP contribution in [-0.2, 0) is 11.3 Å². The number of aryl methyl sites for hydroxylation is 1. The minimum absolute atomic E-state index is 0.164. The van der Waals surface area contributed by atoms with Crippen LogP contribution in [0.15, 0.2) is 40.1 Å². The van der Waals surface area contributed by atoms with Crippen molar-refractivity contribution < 1.29 is 14.0 Å². The van der Waals surface area contributed by atoms with Crippen molar-refractivity contribution in [1.29, 1.82) is 0 Å². The van der Waals surface area contributed by atoms with Crippen LogP contribution in [0.4, 0.5) is 0 Å². The van der Waals surface area contributed by atoms with Crippen LogP contribution >= 0.6 is 23.2 Å². The zero-order valence-corrected chi connectivity index (χ0v) is 12.4. The number of hydrogen-bond acceptors (Lipinski definition) is 4. The van der Waals surface area contributed by atoms with Gasteiger partial charge in [0.15, 0.2) is 0 Å². The molecule has 0 atom stereocenters. The van der Waals surface area contributed by atoms with Gasteiger partial charge in [0.1, 0.15) is 5.76 Å². The second-order valence-electron chi connectivity index (χ2n) is 4.63. The quantitative estimate of drug-likeness (QED) is 0.604. The summed E-state index contributed by atoms with van der Waals surface area (Å²) in [7, 11) is 0. The summed E-state index contributed by atoms with van der Waals surface area (Å²) >= 11 is 11.8. The molecule has 1 aromatic carbocycles. The molecule has 0 N–H and O–H groups in total. The van der Waals surface area contributed by atoms with E-state index >= 15 is 0 Å². The molecular formula is C15H11Cl2NO3. The normalized spacial score (nSPS) is 15.8. The number of rotatable bonds is 2. The number of benzene rings is 1. The Balaban J connectivity index is 1.81. The van der Waals surface area contributed by atoms with Gasteiger partial charge in [-0.1, -0.05) is 34.4 Å². The first-order chi connectivity index (χ1) is 10.2. The van der Waals surface area contributed by atoms with Crippen molar-refractivity contribution in [3.63, 3.8) is 0 Å². The maximum absolute atomic E-state index is 12.0. The van der Waals surface area contributed by atoms with Crippen molar-refractivity contribution in [2.75, 3.05) is 0 Å². The lowest BCUT2D eigenvalue weighted by Gasteiger charge is -2.11. The average molecular weight is 324 g/mol. The first-order valence-electron chi connectivity index (χ1n) is 6.46. The summed E-state index contributed by atoms with van der Waals surface area (Å²) in [6.45, 7) is 0. The van der Waals surface area contributed by atoms with Crippen molar-refractivity contribution in [1.82, 2.24) is 0 Å². The van der Waals surface area contributed by atoms with Gasteiger partial charge in [-0.25, -0.2) is 4.79 Å². The van der Waals surface area contributed by atoms with Gasteiger partial charge >= 0.3 is 5.97 Å². The van der Waals surface area contributed by atoms with Crippen LogP contribution in [0.1, 0.15) is 34.5 Å². The Kier molecular flexibility index (Phi) is 3.99. The van der Waals surface area contributed by atoms with Gasteiger partial charge in [0.05, 0.1) is 27.6 Å². The highest BCUT2D eigenvalue weighted by atomic mass is 35.5. The van der Waals surface area contributed by atoms with E-state index in [1.165, 1.54) is 0 Å². The van der Waals surface area contributed by atoms with Crippen LogP contribution in [0.5, 0.6) is 0 Å². The van der Waals surface area contributed by atoms with E-state index in [9.17, 15) is 4.79 Å². The second kappa shape index (κ2) is 5.92. The topological polar surface area (TPSA) is 51.8 Å². The Labute approximate surface area is 131 Å². The molecular weight excluding hydrogens is 313 g/mol. The van der Waals surface area contributed by atoms with Gasteiger partial charge in [-0.2, -0.15) is 0 Å². The molecule has 0 spiro atoms. The summed E-state index contributed by atoms with van der Waals surface area (Å²) in [5, 5.41) is 4.41. The number of carbonyl (C=O) groups is 1. The SMILES string of the molecule is O=C(O/N=C1\CCCc2occc21)c1cccc(Cl)c1Cl. The summed E-state index contributed by atoms with van der Waals surface area (Å²) in [6, 6.07) is 6.60. The molecule has 3 rings (SSSR count). The number of hydrogen-bond donors (Lipinski definition) is 0. The third-order valence-electron chi connectivity index (χ3n) is 3.28. The number of carbonyl (C=O) groups excluding carboxylic acids is 1. The van der Waals surface area contributed by atoms with Crippen LogP contribution in [0, 0.1) is 0 Å². The standard InChI is InChI=1S/C15H11Cl2NO3/c16-11-4-1-3-10(14(11)17)15(19)21-18-12-5-2-6-13-9(12)7-8-20-13/h1,3-4,7-8H,2,5-6H2/b18-12+. The highest BCUT2D eigenvalue weighted by Gasteiger charge is 2.20. The molecule has 2 aromatic rings. The molecule has 0 bridgehead atoms. The van der Waals surface area contributed by atoms with Gasteiger partial charge in [-0.15, -0.1) is 0 Å². The Morgan fingerprint density at radius 1 is 1.24 bits per heavy atom. The Hall–Kier alpha value is -1.78. The summed E-state index contributed by atoms with van der Waals surface area (Å²) in [5.74, 6) is 0.238. The minimum Gasteiger partial charge on any atom is -0.469 e. The van der Waals surface area contributed by atoms with Gasteiger partial charge in [0.2, 0.25) is 0 Å². The van der Waals surface area contributed by atoms with Gasteiger partial charge < -0.3 is 9.25 Å². The van der Waals surface area contributed by atoms with Crippen molar-refractivity contribution in [2.45, 2.75) is 19.3 Å². The van der Waals surface area contributed by atoms with Crippen molar-refractivity contribution in [2.24, 2.45) is 5.16 Å². The predicted molar refractivity (Wildman–Crippen MR) is 80.1 cm³/mol. The lowest BCUT2D eigenvalue weighted by Crippen LogP contribution is -2.12. The van der Waals surface area contributed by atoms with E-state index in [2.05, 4.69) is 5.16 Å². The molecule has 21 heavy (non-hydrogen) atoms. The fourth-order valence-corrected chi connectivity index (χ4v) is 2.62. The summed E-state index contributed by atoms with van der Waals surface area (Å²) < 4.78 is 5.35. The number of nitrogens with zero attached hydrogens (tertiary/aromatic N) is 1. The molecule has 108 valence electrons. The van der Waals surface area contributed by atoms with Gasteiger partial charge in [-0.3, -0.25) is 0 Å². The van der Waals surface area contributed by atoms with E-state index in [0.29, 0.717) is 10.7 Å². The van der Waals surface area contributed by atoms with E-state index in [4.69, 9.17) is 32.5 Å². The third-order valence-corrected chi connectivity index (χ3v) is 4.10. The monoisotopic (exact) mass is 323 g/mol. The fraction of sp³-hybridized carbons (Fsp3) is 0.200. The molecule has 0 aliphatic heterocycles. The van der Waals surface area contributed by atoms with Crippen molar-refractivity contribution in [3.8, 4) is 0 Å². The minimum atomic E-state index is -0.634.